The lowest BCUT2D eigenvalue weighted by Crippen LogP contribution is -2.44. The molecule has 0 saturated heterocycles. The molecule has 1 aromatic rings. The van der Waals surface area contributed by atoms with Gasteiger partial charge in [-0.2, -0.15) is 0 Å². The Hall–Kier alpha value is -1.88. The van der Waals surface area contributed by atoms with Crippen molar-refractivity contribution in [3.8, 4) is 5.75 Å². The summed E-state index contributed by atoms with van der Waals surface area (Å²) in [6.45, 7) is 3.48. The summed E-state index contributed by atoms with van der Waals surface area (Å²) >= 11 is 0. The van der Waals surface area contributed by atoms with Crippen molar-refractivity contribution in [2.75, 3.05) is 27.2 Å². The molecule has 0 amide bonds. The Bertz CT molecular complexity index is 684. The van der Waals surface area contributed by atoms with Crippen molar-refractivity contribution in [1.29, 1.82) is 0 Å². The fourth-order valence-electron chi connectivity index (χ4n) is 4.16. The molecule has 0 unspecified atom stereocenters. The number of carboxylic acids is 1. The molecule has 0 bridgehead atoms. The van der Waals surface area contributed by atoms with Crippen LogP contribution in [0.15, 0.2) is 18.2 Å². The minimum atomic E-state index is -1.29. The molecule has 182 valence electrons. The standard InChI is InChI=1S/C27H45NO4/c1-4-5-6-7-8-9-10-11-12-13-14-15-16-17-20-28(2,3)22-26(30)23-18-19-25(29)24(21-23)27(31)32/h18-19,21H,4-17,20,22H2,1-3H3,(H-,29,30,31,32). The van der Waals surface area contributed by atoms with Gasteiger partial charge in [0.05, 0.1) is 26.2 Å². The van der Waals surface area contributed by atoms with Gasteiger partial charge in [0.1, 0.15) is 6.54 Å². The van der Waals surface area contributed by atoms with Gasteiger partial charge < -0.3 is 14.7 Å². The first-order chi connectivity index (χ1) is 15.3. The van der Waals surface area contributed by atoms with Gasteiger partial charge in [-0.05, 0) is 18.9 Å². The van der Waals surface area contributed by atoms with Crippen LogP contribution in [0.2, 0.25) is 0 Å². The molecule has 0 aliphatic carbocycles. The molecular formula is C27H45NO4. The van der Waals surface area contributed by atoms with Crippen molar-refractivity contribution in [2.24, 2.45) is 0 Å². The Morgan fingerprint density at radius 3 is 1.75 bits per heavy atom. The highest BCUT2D eigenvalue weighted by Gasteiger charge is 2.21. The summed E-state index contributed by atoms with van der Waals surface area (Å²) in [5.41, 5.74) is -0.0395. The number of carbonyl (C=O) groups excluding carboxylic acids is 1. The number of hydrogen-bond donors (Lipinski definition) is 1. The Balaban J connectivity index is 2.13. The zero-order chi connectivity index (χ0) is 23.8. The van der Waals surface area contributed by atoms with Crippen LogP contribution in [0, 0.1) is 0 Å². The minimum absolute atomic E-state index is 0.122. The summed E-state index contributed by atoms with van der Waals surface area (Å²) in [6.07, 6.45) is 18.6. The van der Waals surface area contributed by atoms with Crippen molar-refractivity contribution in [3.05, 3.63) is 29.3 Å². The van der Waals surface area contributed by atoms with Crippen LogP contribution in [0.5, 0.6) is 5.75 Å². The molecule has 0 saturated carbocycles. The number of nitrogens with zero attached hydrogens (tertiary/aromatic N) is 1. The Labute approximate surface area is 195 Å². The van der Waals surface area contributed by atoms with E-state index in [1.165, 1.54) is 102 Å². The molecular weight excluding hydrogens is 402 g/mol. The fraction of sp³-hybridized carbons (Fsp3) is 0.704. The molecule has 0 aromatic heterocycles. The van der Waals surface area contributed by atoms with Crippen LogP contribution in [-0.4, -0.2) is 48.5 Å². The van der Waals surface area contributed by atoms with E-state index in [2.05, 4.69) is 6.92 Å². The maximum Gasteiger partial charge on any atom is 0.335 e. The lowest BCUT2D eigenvalue weighted by Gasteiger charge is -2.29. The highest BCUT2D eigenvalue weighted by Crippen LogP contribution is 2.18. The molecule has 0 heterocycles. The first kappa shape index (κ1) is 28.2. The summed E-state index contributed by atoms with van der Waals surface area (Å²) in [5, 5.41) is 20.7. The third-order valence-corrected chi connectivity index (χ3v) is 6.22. The molecule has 0 aliphatic heterocycles. The molecule has 1 rings (SSSR count). The van der Waals surface area contributed by atoms with Crippen LogP contribution in [0.1, 0.15) is 118 Å². The molecule has 0 aliphatic rings. The third-order valence-electron chi connectivity index (χ3n) is 6.22. The van der Waals surface area contributed by atoms with Gasteiger partial charge >= 0.3 is 5.97 Å². The average Bonchev–Trinajstić information content (AvgIpc) is 2.73. The topological polar surface area (TPSA) is 77.4 Å². The van der Waals surface area contributed by atoms with Gasteiger partial charge in [-0.15, -0.1) is 0 Å². The lowest BCUT2D eigenvalue weighted by molar-refractivity contribution is -0.882. The number of benzene rings is 1. The molecule has 0 spiro atoms. The van der Waals surface area contributed by atoms with Gasteiger partial charge in [-0.3, -0.25) is 4.79 Å². The van der Waals surface area contributed by atoms with E-state index in [9.17, 15) is 14.7 Å². The van der Waals surface area contributed by atoms with Crippen LogP contribution >= 0.6 is 0 Å². The predicted molar refractivity (Wildman–Crippen MR) is 129 cm³/mol. The monoisotopic (exact) mass is 447 g/mol. The van der Waals surface area contributed by atoms with Gasteiger partial charge in [-0.1, -0.05) is 102 Å². The highest BCUT2D eigenvalue weighted by molar-refractivity contribution is 6.00. The SMILES string of the molecule is CCCCCCCCCCCCCCCC[N+](C)(C)CC(=O)c1ccc([O-])c(C(=O)O)c1. The Kier molecular flexibility index (Phi) is 13.9. The van der Waals surface area contributed by atoms with E-state index < -0.39 is 11.7 Å². The van der Waals surface area contributed by atoms with Gasteiger partial charge in [0, 0.05) is 5.56 Å². The number of carboxylic acid groups (broad SMARTS) is 1. The van der Waals surface area contributed by atoms with Crippen LogP contribution < -0.4 is 5.11 Å². The van der Waals surface area contributed by atoms with Gasteiger partial charge in [0.2, 0.25) is 5.78 Å². The number of hydrogen-bond acceptors (Lipinski definition) is 3. The van der Waals surface area contributed by atoms with Crippen LogP contribution in [0.4, 0.5) is 0 Å². The summed E-state index contributed by atoms with van der Waals surface area (Å²) < 4.78 is 0.568. The second kappa shape index (κ2) is 15.8. The average molecular weight is 448 g/mol. The van der Waals surface area contributed by atoms with Crippen molar-refractivity contribution in [2.45, 2.75) is 96.8 Å². The number of ketones is 1. The quantitative estimate of drug-likeness (QED) is 0.156. The molecule has 0 atom stereocenters. The first-order valence-corrected chi connectivity index (χ1v) is 12.7. The summed E-state index contributed by atoms with van der Waals surface area (Å²) in [6, 6.07) is 3.81. The number of unbranched alkanes of at least 4 members (excludes halogenated alkanes) is 13. The van der Waals surface area contributed by atoms with Gasteiger partial charge in [0.15, 0.2) is 0 Å². The van der Waals surface area contributed by atoms with E-state index in [-0.39, 0.29) is 11.3 Å². The number of Topliss-reactive ketones (excluding diaryl/α,β-unsaturated/α-hetero) is 1. The number of likely N-dealkylation sites (N-methyl/N-ethyl adjacent to an activating group) is 1. The zero-order valence-electron chi connectivity index (χ0n) is 20.7. The fourth-order valence-corrected chi connectivity index (χ4v) is 4.16. The highest BCUT2D eigenvalue weighted by atomic mass is 16.4. The smallest absolute Gasteiger partial charge is 0.335 e. The van der Waals surface area contributed by atoms with Crippen LogP contribution in [0.3, 0.4) is 0 Å². The van der Waals surface area contributed by atoms with E-state index in [4.69, 9.17) is 5.11 Å². The third kappa shape index (κ3) is 12.2. The van der Waals surface area contributed by atoms with E-state index >= 15 is 0 Å². The molecule has 1 N–H and O–H groups in total. The summed E-state index contributed by atoms with van der Waals surface area (Å²) in [7, 11) is 4.06. The number of aromatic carboxylic acids is 1. The van der Waals surface area contributed by atoms with Crippen molar-refractivity contribution < 1.29 is 24.3 Å². The largest absolute Gasteiger partial charge is 0.872 e. The molecule has 5 heteroatoms. The van der Waals surface area contributed by atoms with E-state index in [0.29, 0.717) is 16.6 Å². The van der Waals surface area contributed by atoms with Crippen LogP contribution in [0.25, 0.3) is 0 Å². The summed E-state index contributed by atoms with van der Waals surface area (Å²) in [5.74, 6) is -1.98. The van der Waals surface area contributed by atoms with Crippen LogP contribution in [-0.2, 0) is 0 Å². The molecule has 5 nitrogen and oxygen atoms in total. The molecule has 1 aromatic carbocycles. The normalized spacial score (nSPS) is 11.6. The van der Waals surface area contributed by atoms with Crippen molar-refractivity contribution >= 4 is 11.8 Å². The van der Waals surface area contributed by atoms with Crippen molar-refractivity contribution in [3.63, 3.8) is 0 Å². The first-order valence-electron chi connectivity index (χ1n) is 12.7. The second-order valence-electron chi connectivity index (χ2n) is 9.85. The number of quaternary nitrogens is 1. The maximum absolute atomic E-state index is 12.6. The molecule has 0 fully saturated rings. The Morgan fingerprint density at radius 2 is 1.28 bits per heavy atom. The van der Waals surface area contributed by atoms with E-state index in [1.54, 1.807) is 0 Å². The number of rotatable bonds is 19. The summed E-state index contributed by atoms with van der Waals surface area (Å²) in [4.78, 5) is 23.7. The second-order valence-corrected chi connectivity index (χ2v) is 9.85. The predicted octanol–water partition coefficient (Wildman–Crippen LogP) is 6.20. The maximum atomic E-state index is 12.6. The molecule has 0 radical (unpaired) electrons. The Morgan fingerprint density at radius 1 is 0.812 bits per heavy atom. The number of carbonyl (C=O) groups is 2. The minimum Gasteiger partial charge on any atom is -0.872 e. The van der Waals surface area contributed by atoms with E-state index in [1.807, 2.05) is 14.1 Å². The van der Waals surface area contributed by atoms with Crippen molar-refractivity contribution in [1.82, 2.24) is 0 Å². The van der Waals surface area contributed by atoms with E-state index in [0.717, 1.165) is 13.0 Å². The zero-order valence-corrected chi connectivity index (χ0v) is 20.7. The van der Waals surface area contributed by atoms with Gasteiger partial charge in [-0.25, -0.2) is 4.79 Å². The molecule has 32 heavy (non-hydrogen) atoms. The lowest BCUT2D eigenvalue weighted by atomic mass is 10.0. The van der Waals surface area contributed by atoms with Gasteiger partial charge in [0.25, 0.3) is 0 Å².